The van der Waals surface area contributed by atoms with Crippen LogP contribution in [0.3, 0.4) is 0 Å². The van der Waals surface area contributed by atoms with Crippen LogP contribution in [-0.4, -0.2) is 55.4 Å². The molecule has 2 rings (SSSR count). The van der Waals surface area contributed by atoms with E-state index >= 15 is 0 Å². The largest absolute Gasteiger partial charge is 0.481 e. The first kappa shape index (κ1) is 16.1. The number of amides is 2. The van der Waals surface area contributed by atoms with Gasteiger partial charge in [0.25, 0.3) is 0 Å². The average Bonchev–Trinajstić information content (AvgIpc) is 2.41. The van der Waals surface area contributed by atoms with Crippen LogP contribution in [0.5, 0.6) is 0 Å². The Morgan fingerprint density at radius 3 is 2.71 bits per heavy atom. The number of methoxy groups -OCH3 is 1. The SMILES string of the molecule is COCC1CCCN(C(=O)NCC2(CC(=O)O)CCC2)C1. The summed E-state index contributed by atoms with van der Waals surface area (Å²) in [5.74, 6) is -0.367. The van der Waals surface area contributed by atoms with Gasteiger partial charge >= 0.3 is 12.0 Å². The van der Waals surface area contributed by atoms with Crippen LogP contribution in [0.1, 0.15) is 38.5 Å². The summed E-state index contributed by atoms with van der Waals surface area (Å²) in [7, 11) is 1.69. The summed E-state index contributed by atoms with van der Waals surface area (Å²) in [6, 6.07) is -0.0625. The van der Waals surface area contributed by atoms with E-state index in [1.807, 2.05) is 4.90 Å². The van der Waals surface area contributed by atoms with Crippen LogP contribution in [0.15, 0.2) is 0 Å². The molecule has 0 bridgehead atoms. The number of nitrogens with zero attached hydrogens (tertiary/aromatic N) is 1. The number of urea groups is 1. The van der Waals surface area contributed by atoms with Gasteiger partial charge in [0.05, 0.1) is 13.0 Å². The molecule has 6 nitrogen and oxygen atoms in total. The zero-order chi connectivity index (χ0) is 15.3. The highest BCUT2D eigenvalue weighted by Crippen LogP contribution is 2.43. The number of carboxylic acid groups (broad SMARTS) is 1. The van der Waals surface area contributed by atoms with Gasteiger partial charge in [0.15, 0.2) is 0 Å². The molecule has 1 heterocycles. The maximum absolute atomic E-state index is 12.2. The highest BCUT2D eigenvalue weighted by Gasteiger charge is 2.39. The molecule has 0 aromatic rings. The van der Waals surface area contributed by atoms with E-state index in [-0.39, 0.29) is 17.9 Å². The summed E-state index contributed by atoms with van der Waals surface area (Å²) in [5, 5.41) is 11.9. The molecule has 1 aliphatic heterocycles. The lowest BCUT2D eigenvalue weighted by molar-refractivity contribution is -0.141. The minimum absolute atomic E-state index is 0.0625. The lowest BCUT2D eigenvalue weighted by Crippen LogP contribution is -2.50. The van der Waals surface area contributed by atoms with Crippen LogP contribution in [-0.2, 0) is 9.53 Å². The van der Waals surface area contributed by atoms with Gasteiger partial charge in [0, 0.05) is 32.7 Å². The van der Waals surface area contributed by atoms with Crippen molar-refractivity contribution in [2.75, 3.05) is 33.4 Å². The Morgan fingerprint density at radius 2 is 2.14 bits per heavy atom. The number of likely N-dealkylation sites (tertiary alicyclic amines) is 1. The van der Waals surface area contributed by atoms with Crippen LogP contribution in [0.25, 0.3) is 0 Å². The second-order valence-electron chi connectivity index (χ2n) is 6.49. The summed E-state index contributed by atoms with van der Waals surface area (Å²) in [4.78, 5) is 25.0. The van der Waals surface area contributed by atoms with Gasteiger partial charge in [-0.1, -0.05) is 6.42 Å². The third kappa shape index (κ3) is 4.33. The van der Waals surface area contributed by atoms with Gasteiger partial charge in [-0.05, 0) is 31.1 Å². The maximum atomic E-state index is 12.2. The fourth-order valence-corrected chi connectivity index (χ4v) is 3.41. The number of hydrogen-bond donors (Lipinski definition) is 2. The van der Waals surface area contributed by atoms with Crippen molar-refractivity contribution >= 4 is 12.0 Å². The lowest BCUT2D eigenvalue weighted by atomic mass is 9.66. The van der Waals surface area contributed by atoms with E-state index < -0.39 is 5.97 Å². The molecule has 2 aliphatic rings. The molecule has 1 atom stereocenters. The summed E-state index contributed by atoms with van der Waals surface area (Å²) >= 11 is 0. The molecule has 0 spiro atoms. The van der Waals surface area contributed by atoms with Gasteiger partial charge < -0.3 is 20.1 Å². The van der Waals surface area contributed by atoms with Gasteiger partial charge in [0.1, 0.15) is 0 Å². The number of aliphatic carboxylic acids is 1. The number of rotatable bonds is 6. The molecule has 2 fully saturated rings. The van der Waals surface area contributed by atoms with Gasteiger partial charge in [0.2, 0.25) is 0 Å². The molecule has 21 heavy (non-hydrogen) atoms. The average molecular weight is 298 g/mol. The van der Waals surface area contributed by atoms with Crippen molar-refractivity contribution in [3.8, 4) is 0 Å². The fourth-order valence-electron chi connectivity index (χ4n) is 3.41. The Kier molecular flexibility index (Phi) is 5.45. The van der Waals surface area contributed by atoms with Crippen molar-refractivity contribution in [1.82, 2.24) is 10.2 Å². The van der Waals surface area contributed by atoms with Gasteiger partial charge in [-0.15, -0.1) is 0 Å². The third-order valence-electron chi connectivity index (χ3n) is 4.76. The molecule has 1 unspecified atom stereocenters. The Morgan fingerprint density at radius 1 is 1.38 bits per heavy atom. The molecule has 0 radical (unpaired) electrons. The molecule has 1 saturated carbocycles. The molecule has 0 aromatic heterocycles. The minimum Gasteiger partial charge on any atom is -0.481 e. The molecule has 120 valence electrons. The highest BCUT2D eigenvalue weighted by molar-refractivity contribution is 5.74. The topological polar surface area (TPSA) is 78.9 Å². The number of carbonyl (C=O) groups excluding carboxylic acids is 1. The van der Waals surface area contributed by atoms with Crippen molar-refractivity contribution in [2.45, 2.75) is 38.5 Å². The summed E-state index contributed by atoms with van der Waals surface area (Å²) in [6.07, 6.45) is 5.10. The monoisotopic (exact) mass is 298 g/mol. The van der Waals surface area contributed by atoms with Crippen LogP contribution < -0.4 is 5.32 Å². The van der Waals surface area contributed by atoms with E-state index in [0.29, 0.717) is 19.1 Å². The van der Waals surface area contributed by atoms with Crippen molar-refractivity contribution in [3.05, 3.63) is 0 Å². The minimum atomic E-state index is -0.776. The Labute approximate surface area is 125 Å². The fraction of sp³-hybridized carbons (Fsp3) is 0.867. The normalized spacial score (nSPS) is 24.2. The van der Waals surface area contributed by atoms with E-state index in [1.54, 1.807) is 7.11 Å². The van der Waals surface area contributed by atoms with E-state index in [9.17, 15) is 9.59 Å². The molecule has 1 saturated heterocycles. The Balaban J connectivity index is 1.79. The Hall–Kier alpha value is -1.30. The standard InChI is InChI=1S/C15H26N2O4/c1-21-10-12-4-2-7-17(9-12)14(20)16-11-15(5-3-6-15)8-13(18)19/h12H,2-11H2,1H3,(H,16,20)(H,18,19). The molecular formula is C15H26N2O4. The van der Waals surface area contributed by atoms with E-state index in [2.05, 4.69) is 5.32 Å². The van der Waals surface area contributed by atoms with Crippen LogP contribution >= 0.6 is 0 Å². The number of ether oxygens (including phenoxy) is 1. The molecule has 2 amide bonds. The van der Waals surface area contributed by atoms with E-state index in [4.69, 9.17) is 9.84 Å². The summed E-state index contributed by atoms with van der Waals surface area (Å²) in [5.41, 5.74) is -0.219. The van der Waals surface area contributed by atoms with Gasteiger partial charge in [-0.2, -0.15) is 0 Å². The summed E-state index contributed by atoms with van der Waals surface area (Å²) < 4.78 is 5.17. The third-order valence-corrected chi connectivity index (χ3v) is 4.76. The molecule has 1 aliphatic carbocycles. The van der Waals surface area contributed by atoms with Crippen molar-refractivity contribution < 1.29 is 19.4 Å². The zero-order valence-corrected chi connectivity index (χ0v) is 12.8. The Bertz CT molecular complexity index is 380. The quantitative estimate of drug-likeness (QED) is 0.782. The van der Waals surface area contributed by atoms with Crippen LogP contribution in [0.4, 0.5) is 4.79 Å². The predicted molar refractivity (Wildman–Crippen MR) is 78.1 cm³/mol. The molecule has 0 aromatic carbocycles. The van der Waals surface area contributed by atoms with Gasteiger partial charge in [-0.3, -0.25) is 4.79 Å². The van der Waals surface area contributed by atoms with Crippen molar-refractivity contribution in [1.29, 1.82) is 0 Å². The van der Waals surface area contributed by atoms with Gasteiger partial charge in [-0.25, -0.2) is 4.79 Å². The van der Waals surface area contributed by atoms with Crippen molar-refractivity contribution in [3.63, 3.8) is 0 Å². The number of hydrogen-bond acceptors (Lipinski definition) is 3. The number of piperidine rings is 1. The first-order valence-electron chi connectivity index (χ1n) is 7.78. The second-order valence-corrected chi connectivity index (χ2v) is 6.49. The lowest BCUT2D eigenvalue weighted by Gasteiger charge is -2.41. The first-order valence-corrected chi connectivity index (χ1v) is 7.78. The highest BCUT2D eigenvalue weighted by atomic mass is 16.5. The number of nitrogens with one attached hydrogen (secondary N) is 1. The predicted octanol–water partition coefficient (Wildman–Crippen LogP) is 1.70. The van der Waals surface area contributed by atoms with E-state index in [0.717, 1.165) is 45.2 Å². The maximum Gasteiger partial charge on any atom is 0.317 e. The summed E-state index contributed by atoms with van der Waals surface area (Å²) in [6.45, 7) is 2.67. The smallest absolute Gasteiger partial charge is 0.317 e. The molecule has 2 N–H and O–H groups in total. The first-order chi connectivity index (χ1) is 10.0. The second kappa shape index (κ2) is 7.11. The molecule has 6 heteroatoms. The number of carbonyl (C=O) groups is 2. The van der Waals surface area contributed by atoms with Crippen LogP contribution in [0.2, 0.25) is 0 Å². The zero-order valence-electron chi connectivity index (χ0n) is 12.8. The van der Waals surface area contributed by atoms with Crippen molar-refractivity contribution in [2.24, 2.45) is 11.3 Å². The number of carboxylic acids is 1. The van der Waals surface area contributed by atoms with E-state index in [1.165, 1.54) is 0 Å². The van der Waals surface area contributed by atoms with Crippen LogP contribution in [0, 0.1) is 11.3 Å². The molecular weight excluding hydrogens is 272 g/mol.